The lowest BCUT2D eigenvalue weighted by atomic mass is 9.89. The monoisotopic (exact) mass is 767 g/mol. The minimum atomic E-state index is 0.509. The zero-order chi connectivity index (χ0) is 39.6. The number of hydrogen-bond donors (Lipinski definition) is 0. The van der Waals surface area contributed by atoms with Gasteiger partial charge in [0.25, 0.3) is 0 Å². The molecule has 12 rings (SSSR count). The van der Waals surface area contributed by atoms with Gasteiger partial charge in [-0.3, -0.25) is 0 Å². The summed E-state index contributed by atoms with van der Waals surface area (Å²) in [4.78, 5) is 16.2. The minimum Gasteiger partial charge on any atom is -0.455 e. The van der Waals surface area contributed by atoms with Gasteiger partial charge in [0.15, 0.2) is 17.5 Å². The van der Waals surface area contributed by atoms with Crippen molar-refractivity contribution in [3.8, 4) is 67.5 Å². The molecule has 3 aromatic heterocycles. The molecule has 5 heteroatoms. The Morgan fingerprint density at radius 1 is 0.250 bits per heavy atom. The van der Waals surface area contributed by atoms with E-state index in [1.807, 2.05) is 66.7 Å². The molecule has 0 radical (unpaired) electrons. The fourth-order valence-electron chi connectivity index (χ4n) is 8.76. The summed E-state index contributed by atoms with van der Waals surface area (Å²) in [6, 6.07) is 69.3. The average Bonchev–Trinajstić information content (AvgIpc) is 3.90. The Balaban J connectivity index is 1.17. The number of furan rings is 2. The summed E-state index contributed by atoms with van der Waals surface area (Å²) < 4.78 is 13.2. The number of hydrogen-bond acceptors (Lipinski definition) is 5. The molecule has 9 aromatic carbocycles. The lowest BCUT2D eigenvalue weighted by Crippen LogP contribution is -2.02. The van der Waals surface area contributed by atoms with Crippen molar-refractivity contribution >= 4 is 54.6 Å². The van der Waals surface area contributed by atoms with Gasteiger partial charge < -0.3 is 8.83 Å². The fourth-order valence-corrected chi connectivity index (χ4v) is 8.76. The Morgan fingerprint density at radius 3 is 1.28 bits per heavy atom. The number of fused-ring (bicyclic) bond motifs is 7. The molecule has 0 aliphatic heterocycles. The van der Waals surface area contributed by atoms with E-state index in [1.165, 1.54) is 5.56 Å². The summed E-state index contributed by atoms with van der Waals surface area (Å²) in [5, 5.41) is 6.23. The minimum absolute atomic E-state index is 0.509. The van der Waals surface area contributed by atoms with Gasteiger partial charge in [-0.15, -0.1) is 0 Å². The molecule has 0 fully saturated rings. The lowest BCUT2D eigenvalue weighted by molar-refractivity contribution is 0.669. The van der Waals surface area contributed by atoms with Crippen LogP contribution in [0, 0.1) is 0 Å². The van der Waals surface area contributed by atoms with Crippen LogP contribution in [0.2, 0.25) is 0 Å². The summed E-state index contributed by atoms with van der Waals surface area (Å²) in [6.45, 7) is 0. The molecule has 3 heterocycles. The number of aromatic nitrogens is 3. The average molecular weight is 768 g/mol. The third-order valence-electron chi connectivity index (χ3n) is 11.6. The highest BCUT2D eigenvalue weighted by molar-refractivity contribution is 6.12. The summed E-state index contributed by atoms with van der Waals surface area (Å²) in [5.74, 6) is 1.57. The van der Waals surface area contributed by atoms with Crippen LogP contribution in [0.5, 0.6) is 0 Å². The van der Waals surface area contributed by atoms with E-state index in [1.54, 1.807) is 0 Å². The first kappa shape index (κ1) is 33.9. The van der Waals surface area contributed by atoms with Gasteiger partial charge in [0.2, 0.25) is 0 Å². The molecule has 0 amide bonds. The van der Waals surface area contributed by atoms with E-state index in [2.05, 4.69) is 133 Å². The summed E-state index contributed by atoms with van der Waals surface area (Å²) in [6.07, 6.45) is 0. The Hall–Kier alpha value is -8.15. The maximum Gasteiger partial charge on any atom is 0.167 e. The van der Waals surface area contributed by atoms with Gasteiger partial charge in [-0.2, -0.15) is 0 Å². The van der Waals surface area contributed by atoms with Crippen molar-refractivity contribution in [2.45, 2.75) is 0 Å². The third-order valence-corrected chi connectivity index (χ3v) is 11.6. The molecule has 0 bridgehead atoms. The molecule has 0 atom stereocenters. The van der Waals surface area contributed by atoms with E-state index in [9.17, 15) is 0 Å². The van der Waals surface area contributed by atoms with Crippen molar-refractivity contribution in [1.82, 2.24) is 15.0 Å². The highest BCUT2D eigenvalue weighted by Crippen LogP contribution is 2.43. The second-order valence-electron chi connectivity index (χ2n) is 15.1. The van der Waals surface area contributed by atoms with Crippen LogP contribution in [0.3, 0.4) is 0 Å². The zero-order valence-electron chi connectivity index (χ0n) is 32.2. The molecule has 0 saturated heterocycles. The quantitative estimate of drug-likeness (QED) is 0.169. The summed E-state index contributed by atoms with van der Waals surface area (Å²) >= 11 is 0. The second kappa shape index (κ2) is 13.8. The van der Waals surface area contributed by atoms with Gasteiger partial charge in [-0.1, -0.05) is 176 Å². The van der Waals surface area contributed by atoms with Gasteiger partial charge in [0, 0.05) is 27.1 Å². The number of benzene rings is 9. The molecular formula is C55H33N3O2. The van der Waals surface area contributed by atoms with Crippen LogP contribution in [0.4, 0.5) is 0 Å². The van der Waals surface area contributed by atoms with Gasteiger partial charge >= 0.3 is 0 Å². The highest BCUT2D eigenvalue weighted by atomic mass is 16.3. The maximum atomic E-state index is 6.60. The smallest absolute Gasteiger partial charge is 0.167 e. The van der Waals surface area contributed by atoms with Crippen molar-refractivity contribution in [3.05, 3.63) is 200 Å². The van der Waals surface area contributed by atoms with E-state index in [0.29, 0.717) is 17.5 Å². The molecule has 0 N–H and O–H groups in total. The van der Waals surface area contributed by atoms with E-state index < -0.39 is 0 Å². The van der Waals surface area contributed by atoms with E-state index in [-0.39, 0.29) is 0 Å². The Bertz CT molecular complexity index is 3460. The first-order chi connectivity index (χ1) is 29.7. The molecule has 5 nitrogen and oxygen atoms in total. The standard InChI is InChI=1S/C55H33N3O2/c1-3-14-34(15-4-1)35-28-30-37(31-29-35)39-32-33-40-38(36-16-5-2-6-17-36)20-11-21-43(40)50(39)55-57-53(46-24-12-22-44-41-18-7-9-26-48(41)59-51(44)46)56-54(58-55)47-25-13-23-45-42-19-8-10-27-49(42)60-52(45)47/h1-33H. The van der Waals surface area contributed by atoms with Gasteiger partial charge in [0.05, 0.1) is 11.1 Å². The van der Waals surface area contributed by atoms with Crippen molar-refractivity contribution in [1.29, 1.82) is 0 Å². The first-order valence-corrected chi connectivity index (χ1v) is 20.1. The van der Waals surface area contributed by atoms with Crippen molar-refractivity contribution in [2.24, 2.45) is 0 Å². The normalized spacial score (nSPS) is 11.7. The van der Waals surface area contributed by atoms with Crippen molar-refractivity contribution < 1.29 is 8.83 Å². The lowest BCUT2D eigenvalue weighted by Gasteiger charge is -2.17. The predicted molar refractivity (Wildman–Crippen MR) is 245 cm³/mol. The molecule has 12 aromatic rings. The zero-order valence-corrected chi connectivity index (χ0v) is 32.2. The van der Waals surface area contributed by atoms with E-state index in [0.717, 1.165) is 99.2 Å². The second-order valence-corrected chi connectivity index (χ2v) is 15.1. The van der Waals surface area contributed by atoms with Crippen LogP contribution >= 0.6 is 0 Å². The van der Waals surface area contributed by atoms with Crippen molar-refractivity contribution in [3.63, 3.8) is 0 Å². The summed E-state index contributed by atoms with van der Waals surface area (Å²) in [5.41, 5.74) is 12.2. The van der Waals surface area contributed by atoms with Crippen LogP contribution < -0.4 is 0 Å². The van der Waals surface area contributed by atoms with Crippen LogP contribution in [0.25, 0.3) is 122 Å². The SMILES string of the molecule is c1ccc(-c2ccc(-c3ccc4c(-c5ccccc5)cccc4c3-c3nc(-c4cccc5c4oc4ccccc45)nc(-c4cccc5c4oc4ccccc45)n3)cc2)cc1. The van der Waals surface area contributed by atoms with Gasteiger partial charge in [0.1, 0.15) is 22.3 Å². The van der Waals surface area contributed by atoms with Gasteiger partial charge in [-0.25, -0.2) is 15.0 Å². The Morgan fingerprint density at radius 2 is 0.683 bits per heavy atom. The molecule has 60 heavy (non-hydrogen) atoms. The van der Waals surface area contributed by atoms with Crippen LogP contribution in [0.1, 0.15) is 0 Å². The predicted octanol–water partition coefficient (Wildman–Crippen LogP) is 14.8. The molecule has 0 aliphatic carbocycles. The van der Waals surface area contributed by atoms with E-state index in [4.69, 9.17) is 23.8 Å². The Labute approximate surface area is 344 Å². The molecular weight excluding hydrogens is 735 g/mol. The maximum absolute atomic E-state index is 6.60. The number of nitrogens with zero attached hydrogens (tertiary/aromatic N) is 3. The first-order valence-electron chi connectivity index (χ1n) is 20.1. The van der Waals surface area contributed by atoms with E-state index >= 15 is 0 Å². The van der Waals surface area contributed by atoms with Crippen molar-refractivity contribution in [2.75, 3.05) is 0 Å². The fraction of sp³-hybridized carbons (Fsp3) is 0. The topological polar surface area (TPSA) is 65.0 Å². The Kier molecular flexibility index (Phi) is 7.78. The molecule has 0 saturated carbocycles. The molecule has 0 unspecified atom stereocenters. The third kappa shape index (κ3) is 5.52. The molecule has 280 valence electrons. The molecule has 0 spiro atoms. The summed E-state index contributed by atoms with van der Waals surface area (Å²) in [7, 11) is 0. The molecule has 0 aliphatic rings. The van der Waals surface area contributed by atoms with Crippen LogP contribution in [-0.2, 0) is 0 Å². The largest absolute Gasteiger partial charge is 0.455 e. The van der Waals surface area contributed by atoms with Crippen LogP contribution in [0.15, 0.2) is 209 Å². The number of rotatable bonds is 6. The van der Waals surface area contributed by atoms with Gasteiger partial charge in [-0.05, 0) is 68.4 Å². The number of para-hydroxylation sites is 4. The van der Waals surface area contributed by atoms with Crippen LogP contribution in [-0.4, -0.2) is 15.0 Å². The highest BCUT2D eigenvalue weighted by Gasteiger charge is 2.23.